The van der Waals surface area contributed by atoms with Crippen molar-refractivity contribution in [1.29, 1.82) is 0 Å². The van der Waals surface area contributed by atoms with Gasteiger partial charge >= 0.3 is 0 Å². The monoisotopic (exact) mass is 517 g/mol. The predicted molar refractivity (Wildman–Crippen MR) is 151 cm³/mol. The maximum absolute atomic E-state index is 13.6. The van der Waals surface area contributed by atoms with Crippen molar-refractivity contribution in [3.05, 3.63) is 120 Å². The number of para-hydroxylation sites is 2. The van der Waals surface area contributed by atoms with Gasteiger partial charge in [-0.3, -0.25) is 4.79 Å². The minimum Gasteiger partial charge on any atom is -0.495 e. The van der Waals surface area contributed by atoms with E-state index in [1.807, 2.05) is 61.5 Å². The lowest BCUT2D eigenvalue weighted by Gasteiger charge is -2.29. The third-order valence-corrected chi connectivity index (χ3v) is 6.86. The summed E-state index contributed by atoms with van der Waals surface area (Å²) in [6, 6.07) is 29.1. The van der Waals surface area contributed by atoms with Crippen LogP contribution in [0.2, 0.25) is 0 Å². The molecule has 1 aliphatic heterocycles. The van der Waals surface area contributed by atoms with Crippen molar-refractivity contribution >= 4 is 28.3 Å². The number of carbonyl (C=O) groups excluding carboxylic acids is 1. The molecule has 0 spiro atoms. The van der Waals surface area contributed by atoms with E-state index < -0.39 is 6.04 Å². The van der Waals surface area contributed by atoms with Gasteiger partial charge in [0.2, 0.25) is 5.95 Å². The van der Waals surface area contributed by atoms with E-state index in [-0.39, 0.29) is 5.91 Å². The lowest BCUT2D eigenvalue weighted by Crippen LogP contribution is -2.31. The summed E-state index contributed by atoms with van der Waals surface area (Å²) in [6.07, 6.45) is 1.48. The van der Waals surface area contributed by atoms with Gasteiger partial charge in [0.1, 0.15) is 30.5 Å². The van der Waals surface area contributed by atoms with Crippen molar-refractivity contribution in [3.8, 4) is 11.5 Å². The van der Waals surface area contributed by atoms with Gasteiger partial charge in [0, 0.05) is 5.70 Å². The summed E-state index contributed by atoms with van der Waals surface area (Å²) in [5, 5.41) is 13.0. The fourth-order valence-electron chi connectivity index (χ4n) is 4.96. The molecule has 0 fully saturated rings. The summed E-state index contributed by atoms with van der Waals surface area (Å²) in [4.78, 5) is 18.0. The predicted octanol–water partition coefficient (Wildman–Crippen LogP) is 5.95. The topological polar surface area (TPSA) is 90.3 Å². The quantitative estimate of drug-likeness (QED) is 0.277. The molecule has 1 atom stereocenters. The smallest absolute Gasteiger partial charge is 0.255 e. The number of fused-ring (bicyclic) bond motifs is 2. The van der Waals surface area contributed by atoms with Gasteiger partial charge in [-0.1, -0.05) is 66.7 Å². The highest BCUT2D eigenvalue weighted by Crippen LogP contribution is 2.36. The molecular formula is C31H27N5O3. The molecule has 194 valence electrons. The number of methoxy groups -OCH3 is 1. The van der Waals surface area contributed by atoms with E-state index in [2.05, 4.69) is 45.0 Å². The minimum atomic E-state index is -0.481. The van der Waals surface area contributed by atoms with Crippen LogP contribution < -0.4 is 20.1 Å². The highest BCUT2D eigenvalue weighted by atomic mass is 16.5. The Morgan fingerprint density at radius 1 is 0.974 bits per heavy atom. The molecule has 0 bridgehead atoms. The molecule has 39 heavy (non-hydrogen) atoms. The second-order valence-electron chi connectivity index (χ2n) is 9.24. The Morgan fingerprint density at radius 3 is 2.59 bits per heavy atom. The van der Waals surface area contributed by atoms with E-state index in [9.17, 15) is 4.79 Å². The van der Waals surface area contributed by atoms with E-state index in [1.165, 1.54) is 17.1 Å². The molecule has 8 heteroatoms. The Hall–Kier alpha value is -5.11. The van der Waals surface area contributed by atoms with Gasteiger partial charge in [-0.2, -0.15) is 10.1 Å². The van der Waals surface area contributed by atoms with Crippen LogP contribution in [0.3, 0.4) is 0 Å². The first-order chi connectivity index (χ1) is 19.1. The van der Waals surface area contributed by atoms with Gasteiger partial charge in [0.25, 0.3) is 5.91 Å². The highest BCUT2D eigenvalue weighted by molar-refractivity contribution is 6.06. The number of rotatable bonds is 7. The van der Waals surface area contributed by atoms with Crippen LogP contribution in [0.5, 0.6) is 11.5 Å². The van der Waals surface area contributed by atoms with Gasteiger partial charge in [-0.15, -0.1) is 0 Å². The average Bonchev–Trinajstić information content (AvgIpc) is 3.44. The maximum atomic E-state index is 13.6. The molecule has 1 amide bonds. The minimum absolute atomic E-state index is 0.257. The number of nitrogens with zero attached hydrogens (tertiary/aromatic N) is 3. The van der Waals surface area contributed by atoms with Crippen LogP contribution in [-0.2, 0) is 11.4 Å². The van der Waals surface area contributed by atoms with E-state index in [0.29, 0.717) is 35.3 Å². The number of hydrogen-bond acceptors (Lipinski definition) is 6. The lowest BCUT2D eigenvalue weighted by molar-refractivity contribution is -0.113. The molecule has 0 saturated heterocycles. The van der Waals surface area contributed by atoms with Crippen LogP contribution >= 0.6 is 0 Å². The second-order valence-corrected chi connectivity index (χ2v) is 9.24. The molecule has 0 unspecified atom stereocenters. The van der Waals surface area contributed by atoms with Crippen LogP contribution in [0.25, 0.3) is 10.8 Å². The molecule has 0 radical (unpaired) electrons. The molecule has 5 aromatic rings. The summed E-state index contributed by atoms with van der Waals surface area (Å²) in [5.74, 6) is 1.63. The van der Waals surface area contributed by atoms with Crippen molar-refractivity contribution in [2.45, 2.75) is 19.6 Å². The van der Waals surface area contributed by atoms with Gasteiger partial charge in [-0.25, -0.2) is 4.68 Å². The fraction of sp³-hybridized carbons (Fsp3) is 0.129. The van der Waals surface area contributed by atoms with Crippen molar-refractivity contribution in [3.63, 3.8) is 0 Å². The van der Waals surface area contributed by atoms with Crippen LogP contribution in [-0.4, -0.2) is 27.8 Å². The zero-order valence-corrected chi connectivity index (χ0v) is 21.6. The Labute approximate surface area is 225 Å². The molecule has 2 N–H and O–H groups in total. The lowest BCUT2D eigenvalue weighted by atomic mass is 9.95. The normalized spacial score (nSPS) is 14.5. The van der Waals surface area contributed by atoms with Gasteiger partial charge < -0.3 is 20.1 Å². The van der Waals surface area contributed by atoms with E-state index in [0.717, 1.165) is 16.9 Å². The van der Waals surface area contributed by atoms with Gasteiger partial charge in [0.05, 0.1) is 18.4 Å². The molecule has 4 aromatic carbocycles. The summed E-state index contributed by atoms with van der Waals surface area (Å²) in [7, 11) is 1.58. The highest BCUT2D eigenvalue weighted by Gasteiger charge is 2.33. The first kappa shape index (κ1) is 24.2. The number of benzene rings is 4. The van der Waals surface area contributed by atoms with Crippen LogP contribution in [0.15, 0.2) is 109 Å². The van der Waals surface area contributed by atoms with E-state index >= 15 is 0 Å². The Kier molecular flexibility index (Phi) is 6.42. The van der Waals surface area contributed by atoms with Gasteiger partial charge in [0.15, 0.2) is 0 Å². The van der Waals surface area contributed by atoms with Gasteiger partial charge in [-0.05, 0) is 53.1 Å². The molecule has 2 heterocycles. The molecular weight excluding hydrogens is 490 g/mol. The Bertz CT molecular complexity index is 1690. The number of carbonyl (C=O) groups is 1. The van der Waals surface area contributed by atoms with E-state index in [1.54, 1.807) is 23.9 Å². The van der Waals surface area contributed by atoms with Crippen LogP contribution in [0, 0.1) is 0 Å². The van der Waals surface area contributed by atoms with Crippen molar-refractivity contribution in [1.82, 2.24) is 14.8 Å². The first-order valence-electron chi connectivity index (χ1n) is 12.6. The van der Waals surface area contributed by atoms with Crippen LogP contribution in [0.1, 0.15) is 24.1 Å². The number of allylic oxidation sites excluding steroid dienone is 1. The molecule has 1 aromatic heterocycles. The SMILES string of the molecule is COc1ccccc1NC(=O)C1=C(C)Nc2ncnn2[C@H]1c1ccc(OCc2cccc3ccccc23)cc1. The second kappa shape index (κ2) is 10.3. The third-order valence-electron chi connectivity index (χ3n) is 6.86. The number of anilines is 2. The molecule has 1 aliphatic rings. The summed E-state index contributed by atoms with van der Waals surface area (Å²) in [6.45, 7) is 2.32. The zero-order valence-electron chi connectivity index (χ0n) is 21.6. The standard InChI is InChI=1S/C31H27N5O3/c1-20-28(30(37)35-26-12-5-6-13-27(26)38-2)29(36-31(34-20)32-19-33-36)22-14-16-24(17-15-22)39-18-23-10-7-9-21-8-3-4-11-25(21)23/h3-17,19,29H,18H2,1-2H3,(H,35,37)(H,32,33,34)/t29-/m0/s1. The number of aromatic nitrogens is 3. The molecule has 6 rings (SSSR count). The summed E-state index contributed by atoms with van der Waals surface area (Å²) in [5.41, 5.74) is 3.82. The number of amides is 1. The van der Waals surface area contributed by atoms with Crippen molar-refractivity contribution in [2.24, 2.45) is 0 Å². The average molecular weight is 518 g/mol. The Balaban J connectivity index is 1.27. The maximum Gasteiger partial charge on any atom is 0.255 e. The molecule has 0 saturated carbocycles. The summed E-state index contributed by atoms with van der Waals surface area (Å²) < 4.78 is 13.3. The number of hydrogen-bond donors (Lipinski definition) is 2. The van der Waals surface area contributed by atoms with Crippen molar-refractivity contribution in [2.75, 3.05) is 17.7 Å². The molecule has 0 aliphatic carbocycles. The van der Waals surface area contributed by atoms with Crippen LogP contribution in [0.4, 0.5) is 11.6 Å². The largest absolute Gasteiger partial charge is 0.495 e. The zero-order chi connectivity index (χ0) is 26.8. The third kappa shape index (κ3) is 4.68. The van der Waals surface area contributed by atoms with E-state index in [4.69, 9.17) is 9.47 Å². The first-order valence-corrected chi connectivity index (χ1v) is 12.6. The fourth-order valence-corrected chi connectivity index (χ4v) is 4.96. The Morgan fingerprint density at radius 2 is 1.74 bits per heavy atom. The summed E-state index contributed by atoms with van der Waals surface area (Å²) >= 11 is 0. The number of ether oxygens (including phenoxy) is 2. The van der Waals surface area contributed by atoms with Crippen molar-refractivity contribution < 1.29 is 14.3 Å². The molecule has 8 nitrogen and oxygen atoms in total. The number of nitrogens with one attached hydrogen (secondary N) is 2.